The van der Waals surface area contributed by atoms with Crippen LogP contribution in [0.25, 0.3) is 31.8 Å². The molecule has 1 atom stereocenters. The summed E-state index contributed by atoms with van der Waals surface area (Å²) in [5.41, 5.74) is 3.70. The maximum Gasteiger partial charge on any atom is 0.412 e. The van der Waals surface area contributed by atoms with Crippen LogP contribution in [0, 0.1) is 12.7 Å². The van der Waals surface area contributed by atoms with Crippen LogP contribution in [0.15, 0.2) is 42.9 Å². The molecule has 3 N–H and O–H groups in total. The molecule has 5 rings (SSSR count). The van der Waals surface area contributed by atoms with Crippen LogP contribution < -0.4 is 20.1 Å². The lowest BCUT2D eigenvalue weighted by Gasteiger charge is -2.15. The molecule has 0 spiro atoms. The van der Waals surface area contributed by atoms with E-state index in [0.29, 0.717) is 32.1 Å². The summed E-state index contributed by atoms with van der Waals surface area (Å²) in [5.74, 6) is -0.909. The molecule has 13 nitrogen and oxygen atoms in total. The highest BCUT2D eigenvalue weighted by Crippen LogP contribution is 2.37. The van der Waals surface area contributed by atoms with Gasteiger partial charge < -0.3 is 24.6 Å². The molecular formula is C28H26FN7O6S. The van der Waals surface area contributed by atoms with E-state index in [1.807, 2.05) is 19.1 Å². The third-order valence-electron chi connectivity index (χ3n) is 5.93. The third-order valence-corrected chi connectivity index (χ3v) is 6.98. The molecule has 3 aromatic heterocycles. The first-order chi connectivity index (χ1) is 20.7. The molecule has 0 aliphatic heterocycles. The lowest BCUT2D eigenvalue weighted by Crippen LogP contribution is -2.28. The Kier molecular flexibility index (Phi) is 8.82. The number of methoxy groups -OCH3 is 1. The molecule has 2 amide bonds. The lowest BCUT2D eigenvalue weighted by atomic mass is 10.1. The number of hydrogen-bond acceptors (Lipinski definition) is 12. The van der Waals surface area contributed by atoms with Crippen molar-refractivity contribution in [3.63, 3.8) is 0 Å². The number of hydrogen-bond donors (Lipinski definition) is 3. The van der Waals surface area contributed by atoms with E-state index < -0.39 is 23.9 Å². The maximum absolute atomic E-state index is 14.9. The van der Waals surface area contributed by atoms with Gasteiger partial charge in [0.05, 0.1) is 59.2 Å². The number of anilines is 1. The number of aliphatic hydroxyl groups is 1. The molecule has 222 valence electrons. The highest BCUT2D eigenvalue weighted by molar-refractivity contribution is 7.21. The molecule has 0 bridgehead atoms. The summed E-state index contributed by atoms with van der Waals surface area (Å²) in [4.78, 5) is 45.4. The van der Waals surface area contributed by atoms with Gasteiger partial charge in [0.25, 0.3) is 5.91 Å². The Balaban J connectivity index is 1.23. The lowest BCUT2D eigenvalue weighted by molar-refractivity contribution is 0.0844. The number of carbonyl (C=O) groups excluding carboxylic acids is 2. The van der Waals surface area contributed by atoms with Crippen LogP contribution in [0.5, 0.6) is 11.6 Å². The number of fused-ring (bicyclic) bond motifs is 2. The van der Waals surface area contributed by atoms with Crippen molar-refractivity contribution in [2.75, 3.05) is 32.2 Å². The Hall–Kier alpha value is -5.02. The number of thiazole rings is 1. The highest BCUT2D eigenvalue weighted by atomic mass is 32.1. The average molecular weight is 608 g/mol. The van der Waals surface area contributed by atoms with Crippen LogP contribution in [0.4, 0.5) is 14.9 Å². The summed E-state index contributed by atoms with van der Waals surface area (Å²) in [5, 5.41) is 14.3. The van der Waals surface area contributed by atoms with E-state index in [2.05, 4.69) is 35.6 Å². The zero-order valence-corrected chi connectivity index (χ0v) is 24.1. The average Bonchev–Trinajstić information content (AvgIpc) is 3.40. The number of benzene rings is 2. The summed E-state index contributed by atoms with van der Waals surface area (Å²) in [7, 11) is 1.53. The van der Waals surface area contributed by atoms with Crippen LogP contribution in [-0.4, -0.2) is 75.0 Å². The number of halogens is 1. The molecule has 5 aromatic rings. The van der Waals surface area contributed by atoms with Gasteiger partial charge in [-0.2, -0.15) is 0 Å². The van der Waals surface area contributed by atoms with Gasteiger partial charge in [-0.1, -0.05) is 0 Å². The van der Waals surface area contributed by atoms with Crippen LogP contribution in [0.2, 0.25) is 0 Å². The monoisotopic (exact) mass is 607 g/mol. The summed E-state index contributed by atoms with van der Waals surface area (Å²) in [6, 6.07) is 6.71. The number of aliphatic hydroxyl groups excluding tert-OH is 1. The number of amides is 2. The van der Waals surface area contributed by atoms with Crippen molar-refractivity contribution < 1.29 is 33.3 Å². The summed E-state index contributed by atoms with van der Waals surface area (Å²) in [6.45, 7) is 3.25. The van der Waals surface area contributed by atoms with Gasteiger partial charge >= 0.3 is 6.09 Å². The molecule has 0 unspecified atom stereocenters. The standard InChI is InChI=1S/C28H26FN7O6S/c1-14-6-17(24-20(7-14)35-23(40-3)12-31-24)27-36-19-8-18(29)21(9-22(19)43-27)41-13-15(2)42-28(39)34-16-10-32-25(33-11-16)26(38)30-4-5-37/h6-12,15,37H,4-5,13H2,1-3H3,(H,30,38)(H,34,39)/t15-/m1/s1. The minimum Gasteiger partial charge on any atom is -0.487 e. The maximum atomic E-state index is 14.9. The molecule has 0 fully saturated rings. The van der Waals surface area contributed by atoms with Gasteiger partial charge in [0.15, 0.2) is 11.6 Å². The van der Waals surface area contributed by atoms with E-state index in [9.17, 15) is 14.0 Å². The van der Waals surface area contributed by atoms with Crippen molar-refractivity contribution in [2.24, 2.45) is 0 Å². The number of nitrogens with one attached hydrogen (secondary N) is 2. The summed E-state index contributed by atoms with van der Waals surface area (Å²) >= 11 is 1.36. The molecule has 0 saturated heterocycles. The summed E-state index contributed by atoms with van der Waals surface area (Å²) < 4.78 is 31.7. The Morgan fingerprint density at radius 2 is 1.86 bits per heavy atom. The Morgan fingerprint density at radius 3 is 2.60 bits per heavy atom. The Morgan fingerprint density at radius 1 is 1.07 bits per heavy atom. The van der Waals surface area contributed by atoms with Crippen molar-refractivity contribution in [3.05, 3.63) is 60.1 Å². The number of aryl methyl sites for hydroxylation is 1. The van der Waals surface area contributed by atoms with Crippen molar-refractivity contribution in [1.82, 2.24) is 30.2 Å². The number of nitrogens with zero attached hydrogens (tertiary/aromatic N) is 5. The van der Waals surface area contributed by atoms with Crippen molar-refractivity contribution in [2.45, 2.75) is 20.0 Å². The zero-order valence-electron chi connectivity index (χ0n) is 23.3. The fourth-order valence-corrected chi connectivity index (χ4v) is 4.99. The van der Waals surface area contributed by atoms with E-state index in [1.165, 1.54) is 43.1 Å². The van der Waals surface area contributed by atoms with Crippen LogP contribution >= 0.6 is 11.3 Å². The highest BCUT2D eigenvalue weighted by Gasteiger charge is 2.18. The number of carbonyl (C=O) groups is 2. The number of rotatable bonds is 10. The minimum atomic E-state index is -0.814. The smallest absolute Gasteiger partial charge is 0.412 e. The van der Waals surface area contributed by atoms with E-state index in [0.717, 1.165) is 11.1 Å². The molecule has 15 heteroatoms. The zero-order chi connectivity index (χ0) is 30.5. The minimum absolute atomic E-state index is 0.0133. The molecule has 0 saturated carbocycles. The largest absolute Gasteiger partial charge is 0.487 e. The van der Waals surface area contributed by atoms with E-state index in [-0.39, 0.29) is 37.0 Å². The second kappa shape index (κ2) is 12.9. The first-order valence-electron chi connectivity index (χ1n) is 13.0. The third kappa shape index (κ3) is 6.90. The normalized spacial score (nSPS) is 11.7. The van der Waals surface area contributed by atoms with E-state index >= 15 is 0 Å². The summed E-state index contributed by atoms with van der Waals surface area (Å²) in [6.07, 6.45) is 2.45. The van der Waals surface area contributed by atoms with Gasteiger partial charge in [-0.05, 0) is 31.5 Å². The first-order valence-corrected chi connectivity index (χ1v) is 13.8. The predicted octanol–water partition coefficient (Wildman–Crippen LogP) is 3.89. The van der Waals surface area contributed by atoms with Crippen LogP contribution in [0.3, 0.4) is 0 Å². The molecule has 0 aliphatic carbocycles. The van der Waals surface area contributed by atoms with Crippen molar-refractivity contribution in [1.29, 1.82) is 0 Å². The van der Waals surface area contributed by atoms with Crippen LogP contribution in [0.1, 0.15) is 23.1 Å². The van der Waals surface area contributed by atoms with Crippen molar-refractivity contribution >= 4 is 50.3 Å². The predicted molar refractivity (Wildman–Crippen MR) is 156 cm³/mol. The molecule has 0 radical (unpaired) electrons. The SMILES string of the molecule is COc1cnc2c(-c3nc4cc(F)c(OC[C@@H](C)OC(=O)Nc5cnc(C(=O)NCCO)nc5)cc4s3)cc(C)cc2n1. The first kappa shape index (κ1) is 29.5. The molecule has 43 heavy (non-hydrogen) atoms. The fourth-order valence-electron chi connectivity index (χ4n) is 3.99. The van der Waals surface area contributed by atoms with Gasteiger partial charge in [-0.15, -0.1) is 11.3 Å². The van der Waals surface area contributed by atoms with Gasteiger partial charge in [0.2, 0.25) is 11.7 Å². The van der Waals surface area contributed by atoms with Gasteiger partial charge in [0.1, 0.15) is 17.7 Å². The van der Waals surface area contributed by atoms with E-state index in [1.54, 1.807) is 13.0 Å². The second-order valence-electron chi connectivity index (χ2n) is 9.29. The number of aromatic nitrogens is 5. The molecule has 0 aliphatic rings. The molecule has 2 aromatic carbocycles. The van der Waals surface area contributed by atoms with Crippen molar-refractivity contribution in [3.8, 4) is 22.2 Å². The number of ether oxygens (including phenoxy) is 3. The quantitative estimate of drug-likeness (QED) is 0.210. The molecule has 3 heterocycles. The van der Waals surface area contributed by atoms with Crippen LogP contribution in [-0.2, 0) is 4.74 Å². The topological polar surface area (TPSA) is 171 Å². The fraction of sp³-hybridized carbons (Fsp3) is 0.250. The second-order valence-corrected chi connectivity index (χ2v) is 10.3. The van der Waals surface area contributed by atoms with Gasteiger partial charge in [-0.3, -0.25) is 10.1 Å². The van der Waals surface area contributed by atoms with Gasteiger partial charge in [-0.25, -0.2) is 34.1 Å². The Bertz CT molecular complexity index is 1800. The molecular weight excluding hydrogens is 581 g/mol. The van der Waals surface area contributed by atoms with Gasteiger partial charge in [0, 0.05) is 24.2 Å². The Labute approximate surface area is 248 Å². The van der Waals surface area contributed by atoms with E-state index in [4.69, 9.17) is 19.3 Å².